The third-order valence-corrected chi connectivity index (χ3v) is 5.43. The zero-order valence-electron chi connectivity index (χ0n) is 14.2. The van der Waals surface area contributed by atoms with Crippen molar-refractivity contribution in [1.29, 1.82) is 0 Å². The highest BCUT2D eigenvalue weighted by Gasteiger charge is 2.41. The average molecular weight is 370 g/mol. The predicted molar refractivity (Wildman–Crippen MR) is 95.1 cm³/mol. The summed E-state index contributed by atoms with van der Waals surface area (Å²) >= 11 is 5.88. The number of nitrogens with two attached hydrogens (primary N) is 1. The number of ether oxygens (including phenoxy) is 1. The highest BCUT2D eigenvalue weighted by molar-refractivity contribution is 6.30. The van der Waals surface area contributed by atoms with Crippen molar-refractivity contribution in [2.45, 2.75) is 24.8 Å². The first kappa shape index (κ1) is 18.6. The Morgan fingerprint density at radius 2 is 2.12 bits per heavy atom. The van der Waals surface area contributed by atoms with Crippen LogP contribution in [0.15, 0.2) is 18.2 Å². The normalized spacial score (nSPS) is 25.2. The van der Waals surface area contributed by atoms with Gasteiger partial charge in [0.1, 0.15) is 5.82 Å². The molecule has 0 aliphatic carbocycles. The van der Waals surface area contributed by atoms with E-state index in [1.165, 1.54) is 6.07 Å². The molecule has 3 rings (SSSR count). The minimum absolute atomic E-state index is 0.0561. The van der Waals surface area contributed by atoms with Gasteiger partial charge in [0.05, 0.1) is 5.92 Å². The number of carbonyl (C=O) groups is 1. The maximum Gasteiger partial charge on any atom is 0.225 e. The van der Waals surface area contributed by atoms with Crippen molar-refractivity contribution < 1.29 is 13.9 Å². The molecule has 0 radical (unpaired) electrons. The second-order valence-electron chi connectivity index (χ2n) is 6.76. The lowest BCUT2D eigenvalue weighted by Crippen LogP contribution is -2.40. The summed E-state index contributed by atoms with van der Waals surface area (Å²) in [4.78, 5) is 14.9. The van der Waals surface area contributed by atoms with Crippen molar-refractivity contribution in [1.82, 2.24) is 10.2 Å². The summed E-state index contributed by atoms with van der Waals surface area (Å²) in [6, 6.07) is 5.10. The van der Waals surface area contributed by atoms with Gasteiger partial charge in [-0.1, -0.05) is 17.7 Å². The number of amides is 1. The highest BCUT2D eigenvalue weighted by Crippen LogP contribution is 2.37. The maximum atomic E-state index is 14.5. The van der Waals surface area contributed by atoms with Crippen LogP contribution < -0.4 is 11.1 Å². The van der Waals surface area contributed by atoms with E-state index in [9.17, 15) is 9.18 Å². The minimum Gasteiger partial charge on any atom is -0.381 e. The van der Waals surface area contributed by atoms with Gasteiger partial charge in [-0.2, -0.15) is 0 Å². The number of benzene rings is 1. The Hall–Kier alpha value is -1.21. The van der Waals surface area contributed by atoms with Gasteiger partial charge in [0.2, 0.25) is 5.91 Å². The van der Waals surface area contributed by atoms with Crippen LogP contribution in [0.3, 0.4) is 0 Å². The Bertz CT molecular complexity index is 610. The van der Waals surface area contributed by atoms with Crippen molar-refractivity contribution in [3.8, 4) is 0 Å². The molecule has 138 valence electrons. The van der Waals surface area contributed by atoms with Crippen molar-refractivity contribution in [2.24, 2.45) is 11.7 Å². The zero-order valence-corrected chi connectivity index (χ0v) is 15.0. The molecule has 2 aliphatic heterocycles. The van der Waals surface area contributed by atoms with Gasteiger partial charge in [0, 0.05) is 56.4 Å². The van der Waals surface area contributed by atoms with Gasteiger partial charge in [-0.3, -0.25) is 9.69 Å². The van der Waals surface area contributed by atoms with Crippen molar-refractivity contribution >= 4 is 17.5 Å². The Morgan fingerprint density at radius 3 is 2.80 bits per heavy atom. The first-order valence-corrected chi connectivity index (χ1v) is 9.22. The summed E-state index contributed by atoms with van der Waals surface area (Å²) < 4.78 is 19.9. The van der Waals surface area contributed by atoms with Gasteiger partial charge in [-0.15, -0.1) is 0 Å². The standard InChI is InChI=1S/C18H25ClFN3O2/c19-12-1-2-14(17(20)9-12)15-10-23(13-3-7-25-8-4-13)11-16(15)18(24)22-6-5-21/h1-2,9,13,15-16H,3-8,10-11,21H2,(H,22,24)/t15-,16+/m0/s1. The molecule has 2 fully saturated rings. The fourth-order valence-corrected chi connectivity index (χ4v) is 4.05. The number of halogens is 2. The fraction of sp³-hybridized carbons (Fsp3) is 0.611. The molecule has 3 N–H and O–H groups in total. The van der Waals surface area contributed by atoms with Crippen LogP contribution in [0.2, 0.25) is 5.02 Å². The Kier molecular flexibility index (Phi) is 6.28. The number of hydrogen-bond acceptors (Lipinski definition) is 4. The summed E-state index contributed by atoms with van der Waals surface area (Å²) in [5, 5.41) is 3.23. The van der Waals surface area contributed by atoms with E-state index < -0.39 is 0 Å². The van der Waals surface area contributed by atoms with Gasteiger partial charge < -0.3 is 15.8 Å². The van der Waals surface area contributed by atoms with Crippen LogP contribution in [0.1, 0.15) is 24.3 Å². The van der Waals surface area contributed by atoms with E-state index in [2.05, 4.69) is 10.2 Å². The van der Waals surface area contributed by atoms with E-state index in [1.807, 2.05) is 0 Å². The predicted octanol–water partition coefficient (Wildman–Crippen LogP) is 1.75. The first-order valence-electron chi connectivity index (χ1n) is 8.84. The Labute approximate surface area is 152 Å². The molecule has 2 aliphatic rings. The van der Waals surface area contributed by atoms with Crippen LogP contribution in [0, 0.1) is 11.7 Å². The monoisotopic (exact) mass is 369 g/mol. The molecule has 2 heterocycles. The molecular formula is C18H25ClFN3O2. The van der Waals surface area contributed by atoms with Crippen LogP contribution in [-0.2, 0) is 9.53 Å². The smallest absolute Gasteiger partial charge is 0.225 e. The Balaban J connectivity index is 1.81. The lowest BCUT2D eigenvalue weighted by molar-refractivity contribution is -0.125. The molecule has 7 heteroatoms. The molecular weight excluding hydrogens is 345 g/mol. The topological polar surface area (TPSA) is 67.6 Å². The molecule has 0 bridgehead atoms. The van der Waals surface area contributed by atoms with Gasteiger partial charge in [-0.25, -0.2) is 4.39 Å². The van der Waals surface area contributed by atoms with Crippen molar-refractivity contribution in [3.63, 3.8) is 0 Å². The van der Waals surface area contributed by atoms with E-state index in [4.69, 9.17) is 22.1 Å². The van der Waals surface area contributed by atoms with Crippen molar-refractivity contribution in [2.75, 3.05) is 39.4 Å². The highest BCUT2D eigenvalue weighted by atomic mass is 35.5. The molecule has 1 aromatic carbocycles. The third-order valence-electron chi connectivity index (χ3n) is 5.20. The SMILES string of the molecule is NCCNC(=O)[C@@H]1CN(C2CCOCC2)C[C@H]1c1ccc(Cl)cc1F. The molecule has 0 spiro atoms. The quantitative estimate of drug-likeness (QED) is 0.829. The van der Waals surface area contributed by atoms with E-state index in [1.54, 1.807) is 12.1 Å². The number of nitrogens with one attached hydrogen (secondary N) is 1. The number of rotatable bonds is 5. The molecule has 1 amide bonds. The second kappa shape index (κ2) is 8.45. The molecule has 0 saturated carbocycles. The minimum atomic E-state index is -0.344. The molecule has 25 heavy (non-hydrogen) atoms. The van der Waals surface area contributed by atoms with E-state index in [0.29, 0.717) is 42.8 Å². The van der Waals surface area contributed by atoms with Gasteiger partial charge in [0.25, 0.3) is 0 Å². The molecule has 2 saturated heterocycles. The van der Waals surface area contributed by atoms with Crippen LogP contribution in [-0.4, -0.2) is 56.2 Å². The third kappa shape index (κ3) is 4.31. The van der Waals surface area contributed by atoms with E-state index in [0.717, 1.165) is 26.1 Å². The lowest BCUT2D eigenvalue weighted by atomic mass is 9.88. The average Bonchev–Trinajstić information content (AvgIpc) is 3.05. The second-order valence-corrected chi connectivity index (χ2v) is 7.19. The molecule has 0 unspecified atom stereocenters. The largest absolute Gasteiger partial charge is 0.381 e. The molecule has 2 atom stereocenters. The van der Waals surface area contributed by atoms with Gasteiger partial charge in [0.15, 0.2) is 0 Å². The number of nitrogens with zero attached hydrogens (tertiary/aromatic N) is 1. The number of likely N-dealkylation sites (tertiary alicyclic amines) is 1. The van der Waals surface area contributed by atoms with E-state index in [-0.39, 0.29) is 23.6 Å². The summed E-state index contributed by atoms with van der Waals surface area (Å²) in [7, 11) is 0. The molecule has 0 aromatic heterocycles. The number of hydrogen-bond donors (Lipinski definition) is 2. The van der Waals surface area contributed by atoms with Gasteiger partial charge >= 0.3 is 0 Å². The molecule has 1 aromatic rings. The zero-order chi connectivity index (χ0) is 17.8. The fourth-order valence-electron chi connectivity index (χ4n) is 3.89. The van der Waals surface area contributed by atoms with Crippen molar-refractivity contribution in [3.05, 3.63) is 34.6 Å². The lowest BCUT2D eigenvalue weighted by Gasteiger charge is -2.31. The van der Waals surface area contributed by atoms with Crippen LogP contribution in [0.4, 0.5) is 4.39 Å². The first-order chi connectivity index (χ1) is 12.1. The summed E-state index contributed by atoms with van der Waals surface area (Å²) in [5.41, 5.74) is 6.05. The van der Waals surface area contributed by atoms with Crippen LogP contribution in [0.25, 0.3) is 0 Å². The van der Waals surface area contributed by atoms with Gasteiger partial charge in [-0.05, 0) is 30.5 Å². The summed E-state index contributed by atoms with van der Waals surface area (Å²) in [6.45, 7) is 3.61. The van der Waals surface area contributed by atoms with E-state index >= 15 is 0 Å². The van der Waals surface area contributed by atoms with Crippen LogP contribution >= 0.6 is 11.6 Å². The Morgan fingerprint density at radius 1 is 1.36 bits per heavy atom. The summed E-state index contributed by atoms with van der Waals surface area (Å²) in [5.74, 6) is -0.870. The van der Waals surface area contributed by atoms with Crippen LogP contribution in [0.5, 0.6) is 0 Å². The maximum absolute atomic E-state index is 14.5. The number of carbonyl (C=O) groups excluding carboxylic acids is 1. The summed E-state index contributed by atoms with van der Waals surface area (Å²) in [6.07, 6.45) is 1.90. The molecule has 5 nitrogen and oxygen atoms in total.